The van der Waals surface area contributed by atoms with Crippen molar-refractivity contribution in [3.8, 4) is 0 Å². The first-order valence-electron chi connectivity index (χ1n) is 7.40. The monoisotopic (exact) mass is 354 g/mol. The first-order chi connectivity index (χ1) is 9.58. The minimum Gasteiger partial charge on any atom is -0.389 e. The molecule has 0 aromatic heterocycles. The lowest BCUT2D eigenvalue weighted by Gasteiger charge is -2.26. The molecule has 2 rings (SSSR count). The molecule has 1 saturated carbocycles. The van der Waals surface area contributed by atoms with E-state index in [1.165, 1.54) is 32.1 Å². The van der Waals surface area contributed by atoms with Crippen LogP contribution >= 0.6 is 28.1 Å². The predicted octanol–water partition coefficient (Wildman–Crippen LogP) is 4.71. The van der Waals surface area contributed by atoms with Gasteiger partial charge in [0.15, 0.2) is 0 Å². The summed E-state index contributed by atoms with van der Waals surface area (Å²) in [6, 6.07) is 6.03. The SMILES string of the molecule is CC1CCC(CCNc2cccc(Br)c2C(N)=S)CC1. The van der Waals surface area contributed by atoms with E-state index in [0.717, 1.165) is 34.1 Å². The van der Waals surface area contributed by atoms with Crippen LogP contribution in [0, 0.1) is 11.8 Å². The summed E-state index contributed by atoms with van der Waals surface area (Å²) in [4.78, 5) is 0.437. The number of rotatable bonds is 5. The standard InChI is InChI=1S/C16H23BrN2S/c1-11-5-7-12(8-6-11)9-10-19-14-4-2-3-13(17)15(14)16(18)20/h2-4,11-12,19H,5-10H2,1H3,(H2,18,20). The van der Waals surface area contributed by atoms with Crippen LogP contribution in [0.15, 0.2) is 22.7 Å². The van der Waals surface area contributed by atoms with Crippen molar-refractivity contribution in [2.45, 2.75) is 39.0 Å². The Bertz CT molecular complexity index is 468. The van der Waals surface area contributed by atoms with E-state index >= 15 is 0 Å². The third kappa shape index (κ3) is 4.19. The van der Waals surface area contributed by atoms with Crippen LogP contribution in [0.25, 0.3) is 0 Å². The molecule has 2 nitrogen and oxygen atoms in total. The van der Waals surface area contributed by atoms with Crippen molar-refractivity contribution in [3.63, 3.8) is 0 Å². The number of benzene rings is 1. The Balaban J connectivity index is 1.88. The fourth-order valence-corrected chi connectivity index (χ4v) is 3.88. The zero-order valence-electron chi connectivity index (χ0n) is 12.0. The highest BCUT2D eigenvalue weighted by molar-refractivity contribution is 9.10. The van der Waals surface area contributed by atoms with Gasteiger partial charge in [-0.05, 0) is 46.3 Å². The zero-order valence-corrected chi connectivity index (χ0v) is 14.4. The molecule has 0 saturated heterocycles. The number of hydrogen-bond acceptors (Lipinski definition) is 2. The van der Waals surface area contributed by atoms with Crippen LogP contribution in [0.2, 0.25) is 0 Å². The quantitative estimate of drug-likeness (QED) is 0.751. The molecule has 0 atom stereocenters. The van der Waals surface area contributed by atoms with E-state index in [1.54, 1.807) is 0 Å². The van der Waals surface area contributed by atoms with E-state index in [-0.39, 0.29) is 0 Å². The van der Waals surface area contributed by atoms with Gasteiger partial charge in [0.25, 0.3) is 0 Å². The lowest BCUT2D eigenvalue weighted by Crippen LogP contribution is -2.18. The van der Waals surface area contributed by atoms with Crippen molar-refractivity contribution in [1.82, 2.24) is 0 Å². The van der Waals surface area contributed by atoms with Gasteiger partial charge < -0.3 is 11.1 Å². The first kappa shape index (κ1) is 15.8. The van der Waals surface area contributed by atoms with Crippen LogP contribution in [0.4, 0.5) is 5.69 Å². The summed E-state index contributed by atoms with van der Waals surface area (Å²) in [5.74, 6) is 1.80. The fourth-order valence-electron chi connectivity index (χ4n) is 2.95. The molecule has 0 radical (unpaired) electrons. The highest BCUT2D eigenvalue weighted by Gasteiger charge is 2.18. The van der Waals surface area contributed by atoms with Crippen LogP contribution < -0.4 is 11.1 Å². The van der Waals surface area contributed by atoms with Crippen molar-refractivity contribution < 1.29 is 0 Å². The molecule has 0 amide bonds. The van der Waals surface area contributed by atoms with E-state index in [4.69, 9.17) is 18.0 Å². The van der Waals surface area contributed by atoms with E-state index in [1.807, 2.05) is 18.2 Å². The zero-order chi connectivity index (χ0) is 14.5. The first-order valence-corrected chi connectivity index (χ1v) is 8.60. The number of halogens is 1. The molecule has 20 heavy (non-hydrogen) atoms. The number of nitrogens with one attached hydrogen (secondary N) is 1. The van der Waals surface area contributed by atoms with Crippen LogP contribution in [0.1, 0.15) is 44.6 Å². The molecule has 0 unspecified atom stereocenters. The molecule has 0 aliphatic heterocycles. The topological polar surface area (TPSA) is 38.0 Å². The lowest BCUT2D eigenvalue weighted by molar-refractivity contribution is 0.282. The van der Waals surface area contributed by atoms with Gasteiger partial charge in [-0.25, -0.2) is 0 Å². The smallest absolute Gasteiger partial charge is 0.107 e. The van der Waals surface area contributed by atoms with Gasteiger partial charge in [0.1, 0.15) is 4.99 Å². The summed E-state index contributed by atoms with van der Waals surface area (Å²) in [6.07, 6.45) is 6.77. The van der Waals surface area contributed by atoms with Crippen molar-refractivity contribution >= 4 is 38.8 Å². The number of hydrogen-bond donors (Lipinski definition) is 2. The average Bonchev–Trinajstić information content (AvgIpc) is 2.40. The van der Waals surface area contributed by atoms with E-state index in [9.17, 15) is 0 Å². The van der Waals surface area contributed by atoms with Gasteiger partial charge in [-0.3, -0.25) is 0 Å². The Hall–Kier alpha value is -0.610. The van der Waals surface area contributed by atoms with Crippen molar-refractivity contribution in [3.05, 3.63) is 28.2 Å². The van der Waals surface area contributed by atoms with E-state index < -0.39 is 0 Å². The Morgan fingerprint density at radius 2 is 2.05 bits per heavy atom. The van der Waals surface area contributed by atoms with Gasteiger partial charge in [-0.1, -0.05) is 50.9 Å². The Morgan fingerprint density at radius 1 is 1.35 bits per heavy atom. The second-order valence-electron chi connectivity index (χ2n) is 5.87. The largest absolute Gasteiger partial charge is 0.389 e. The Labute approximate surface area is 135 Å². The van der Waals surface area contributed by atoms with E-state index in [2.05, 4.69) is 28.2 Å². The molecule has 1 fully saturated rings. The second kappa shape index (κ2) is 7.41. The molecular weight excluding hydrogens is 332 g/mol. The molecule has 3 N–H and O–H groups in total. The summed E-state index contributed by atoms with van der Waals surface area (Å²) < 4.78 is 0.960. The molecule has 4 heteroatoms. The molecule has 110 valence electrons. The normalized spacial score (nSPS) is 22.5. The van der Waals surface area contributed by atoms with Crippen LogP contribution in [-0.4, -0.2) is 11.5 Å². The maximum absolute atomic E-state index is 5.81. The van der Waals surface area contributed by atoms with Crippen LogP contribution in [0.3, 0.4) is 0 Å². The number of anilines is 1. The summed E-state index contributed by atoms with van der Waals surface area (Å²) in [6.45, 7) is 3.36. The summed E-state index contributed by atoms with van der Waals surface area (Å²) >= 11 is 8.65. The third-order valence-corrected chi connectivity index (χ3v) is 5.13. The Morgan fingerprint density at radius 3 is 2.70 bits per heavy atom. The second-order valence-corrected chi connectivity index (χ2v) is 7.16. The van der Waals surface area contributed by atoms with Crippen LogP contribution in [0.5, 0.6) is 0 Å². The number of nitrogens with two attached hydrogens (primary N) is 1. The molecule has 0 heterocycles. The van der Waals surface area contributed by atoms with Gasteiger partial charge in [-0.15, -0.1) is 0 Å². The van der Waals surface area contributed by atoms with Crippen molar-refractivity contribution in [1.29, 1.82) is 0 Å². The van der Waals surface area contributed by atoms with Gasteiger partial charge in [0.05, 0.1) is 0 Å². The minimum atomic E-state index is 0.437. The van der Waals surface area contributed by atoms with Crippen molar-refractivity contribution in [2.75, 3.05) is 11.9 Å². The maximum atomic E-state index is 5.81. The minimum absolute atomic E-state index is 0.437. The summed E-state index contributed by atoms with van der Waals surface area (Å²) in [5, 5.41) is 3.50. The summed E-state index contributed by atoms with van der Waals surface area (Å²) in [5.41, 5.74) is 7.76. The molecule has 1 aromatic rings. The Kier molecular flexibility index (Phi) is 5.85. The fraction of sp³-hybridized carbons (Fsp3) is 0.562. The molecule has 0 bridgehead atoms. The van der Waals surface area contributed by atoms with Crippen molar-refractivity contribution in [2.24, 2.45) is 17.6 Å². The van der Waals surface area contributed by atoms with Gasteiger partial charge >= 0.3 is 0 Å². The van der Waals surface area contributed by atoms with Crippen LogP contribution in [-0.2, 0) is 0 Å². The van der Waals surface area contributed by atoms with E-state index in [0.29, 0.717) is 4.99 Å². The molecule has 0 spiro atoms. The molecule has 1 aliphatic rings. The number of thiocarbonyl (C=S) groups is 1. The highest BCUT2D eigenvalue weighted by atomic mass is 79.9. The summed E-state index contributed by atoms with van der Waals surface area (Å²) in [7, 11) is 0. The lowest BCUT2D eigenvalue weighted by atomic mass is 9.81. The van der Waals surface area contributed by atoms with Gasteiger partial charge in [-0.2, -0.15) is 0 Å². The third-order valence-electron chi connectivity index (χ3n) is 4.26. The molecule has 1 aliphatic carbocycles. The molecule has 1 aromatic carbocycles. The highest BCUT2D eigenvalue weighted by Crippen LogP contribution is 2.30. The van der Waals surface area contributed by atoms with Gasteiger partial charge in [0, 0.05) is 22.3 Å². The predicted molar refractivity (Wildman–Crippen MR) is 94.3 cm³/mol. The average molecular weight is 355 g/mol. The molecular formula is C16H23BrN2S. The van der Waals surface area contributed by atoms with Gasteiger partial charge in [0.2, 0.25) is 0 Å². The maximum Gasteiger partial charge on any atom is 0.107 e.